The molecule has 1 atom stereocenters. The average Bonchev–Trinajstić information content (AvgIpc) is 2.83. The fraction of sp³-hybridized carbons (Fsp3) is 0.400. The Kier molecular flexibility index (Phi) is 3.84. The van der Waals surface area contributed by atoms with Crippen LogP contribution < -0.4 is 0 Å². The van der Waals surface area contributed by atoms with Gasteiger partial charge in [-0.15, -0.1) is 0 Å². The summed E-state index contributed by atoms with van der Waals surface area (Å²) < 4.78 is 11.2. The molecule has 2 nitrogen and oxygen atoms in total. The van der Waals surface area contributed by atoms with E-state index in [2.05, 4.69) is 63.2 Å². The van der Waals surface area contributed by atoms with Crippen molar-refractivity contribution in [2.75, 3.05) is 14.2 Å². The van der Waals surface area contributed by atoms with Crippen LogP contribution >= 0.6 is 0 Å². The highest BCUT2D eigenvalue weighted by Gasteiger charge is 2.37. The van der Waals surface area contributed by atoms with Gasteiger partial charge in [-0.1, -0.05) is 63.2 Å². The summed E-state index contributed by atoms with van der Waals surface area (Å²) in [4.78, 5) is 0. The Morgan fingerprint density at radius 2 is 1.50 bits per heavy atom. The highest BCUT2D eigenvalue weighted by atomic mass is 16.7. The lowest BCUT2D eigenvalue weighted by Gasteiger charge is -2.25. The summed E-state index contributed by atoms with van der Waals surface area (Å²) in [6, 6.07) is 15.2. The Morgan fingerprint density at radius 1 is 0.864 bits per heavy atom. The van der Waals surface area contributed by atoms with Crippen LogP contribution in [0.25, 0.3) is 11.1 Å². The summed E-state index contributed by atoms with van der Waals surface area (Å²) in [5.74, 6) is 0.128. The molecule has 0 amide bonds. The first-order valence-corrected chi connectivity index (χ1v) is 7.77. The van der Waals surface area contributed by atoms with Crippen LogP contribution in [0, 0.1) is 0 Å². The van der Waals surface area contributed by atoms with Crippen LogP contribution in [0.4, 0.5) is 0 Å². The van der Waals surface area contributed by atoms with Crippen molar-refractivity contribution in [2.45, 2.75) is 38.4 Å². The maximum absolute atomic E-state index is 5.60. The zero-order chi connectivity index (χ0) is 15.9. The van der Waals surface area contributed by atoms with Crippen LogP contribution in [-0.4, -0.2) is 20.5 Å². The van der Waals surface area contributed by atoms with Crippen molar-refractivity contribution in [3.63, 3.8) is 0 Å². The molecule has 2 heteroatoms. The molecule has 0 saturated carbocycles. The number of methoxy groups -OCH3 is 2. The highest BCUT2D eigenvalue weighted by molar-refractivity contribution is 5.82. The predicted octanol–water partition coefficient (Wildman–Crippen LogP) is 4.72. The Bertz CT molecular complexity index is 678. The molecule has 0 bridgehead atoms. The number of fused-ring (bicyclic) bond motifs is 3. The molecule has 0 spiro atoms. The van der Waals surface area contributed by atoms with Crippen molar-refractivity contribution >= 4 is 0 Å². The highest BCUT2D eigenvalue weighted by Crippen LogP contribution is 2.50. The molecule has 1 unspecified atom stereocenters. The van der Waals surface area contributed by atoms with E-state index >= 15 is 0 Å². The largest absolute Gasteiger partial charge is 0.355 e. The Hall–Kier alpha value is -1.64. The number of hydrogen-bond donors (Lipinski definition) is 0. The SMILES string of the molecule is COC(OC)C1c2ccccc2-c2c1cccc2C(C)(C)C. The molecule has 0 aromatic heterocycles. The van der Waals surface area contributed by atoms with E-state index in [1.807, 2.05) is 0 Å². The lowest BCUT2D eigenvalue weighted by Crippen LogP contribution is -2.22. The van der Waals surface area contributed by atoms with Gasteiger partial charge in [0.15, 0.2) is 6.29 Å². The molecule has 0 aliphatic heterocycles. The second-order valence-corrected chi connectivity index (χ2v) is 6.92. The van der Waals surface area contributed by atoms with E-state index in [0.29, 0.717) is 0 Å². The second-order valence-electron chi connectivity index (χ2n) is 6.92. The first-order valence-electron chi connectivity index (χ1n) is 7.77. The van der Waals surface area contributed by atoms with E-state index < -0.39 is 0 Å². The normalized spacial score (nSPS) is 16.7. The van der Waals surface area contributed by atoms with Crippen molar-refractivity contribution in [3.05, 3.63) is 59.2 Å². The average molecular weight is 296 g/mol. The van der Waals surface area contributed by atoms with Crippen molar-refractivity contribution < 1.29 is 9.47 Å². The van der Waals surface area contributed by atoms with Gasteiger partial charge in [0.05, 0.1) is 5.92 Å². The van der Waals surface area contributed by atoms with Gasteiger partial charge in [-0.25, -0.2) is 0 Å². The van der Waals surface area contributed by atoms with Gasteiger partial charge in [-0.3, -0.25) is 0 Å². The minimum absolute atomic E-state index is 0.100. The van der Waals surface area contributed by atoms with Gasteiger partial charge >= 0.3 is 0 Å². The molecule has 0 N–H and O–H groups in total. The van der Waals surface area contributed by atoms with Gasteiger partial charge in [0.25, 0.3) is 0 Å². The zero-order valence-corrected chi connectivity index (χ0v) is 14.0. The van der Waals surface area contributed by atoms with Crippen LogP contribution in [0.1, 0.15) is 43.4 Å². The number of rotatable bonds is 3. The van der Waals surface area contributed by atoms with Gasteiger partial charge in [0, 0.05) is 14.2 Å². The number of benzene rings is 2. The maximum Gasteiger partial charge on any atom is 0.167 e. The predicted molar refractivity (Wildman–Crippen MR) is 90.2 cm³/mol. The maximum atomic E-state index is 5.60. The molecule has 3 rings (SSSR count). The van der Waals surface area contributed by atoms with E-state index in [0.717, 1.165) is 0 Å². The Labute approximate surface area is 133 Å². The van der Waals surface area contributed by atoms with E-state index in [4.69, 9.17) is 9.47 Å². The molecule has 1 aliphatic rings. The lowest BCUT2D eigenvalue weighted by molar-refractivity contribution is -0.110. The van der Waals surface area contributed by atoms with E-state index in [9.17, 15) is 0 Å². The molecular formula is C20H24O2. The van der Waals surface area contributed by atoms with E-state index in [-0.39, 0.29) is 17.6 Å². The Balaban J connectivity index is 2.29. The minimum Gasteiger partial charge on any atom is -0.355 e. The lowest BCUT2D eigenvalue weighted by atomic mass is 9.81. The fourth-order valence-corrected chi connectivity index (χ4v) is 3.58. The molecule has 1 aliphatic carbocycles. The summed E-state index contributed by atoms with van der Waals surface area (Å²) in [5, 5.41) is 0. The number of hydrogen-bond acceptors (Lipinski definition) is 2. The molecular weight excluding hydrogens is 272 g/mol. The molecule has 0 radical (unpaired) electrons. The monoisotopic (exact) mass is 296 g/mol. The van der Waals surface area contributed by atoms with E-state index in [1.54, 1.807) is 14.2 Å². The van der Waals surface area contributed by atoms with Gasteiger partial charge in [-0.05, 0) is 33.2 Å². The smallest absolute Gasteiger partial charge is 0.167 e. The summed E-state index contributed by atoms with van der Waals surface area (Å²) in [5.41, 5.74) is 6.75. The van der Waals surface area contributed by atoms with Gasteiger partial charge in [0.2, 0.25) is 0 Å². The summed E-state index contributed by atoms with van der Waals surface area (Å²) in [6.45, 7) is 6.80. The van der Waals surface area contributed by atoms with Crippen molar-refractivity contribution in [3.8, 4) is 11.1 Å². The van der Waals surface area contributed by atoms with Gasteiger partial charge in [0.1, 0.15) is 0 Å². The minimum atomic E-state index is -0.266. The van der Waals surface area contributed by atoms with Crippen LogP contribution in [0.5, 0.6) is 0 Å². The molecule has 0 saturated heterocycles. The summed E-state index contributed by atoms with van der Waals surface area (Å²) in [6.07, 6.45) is -0.266. The fourth-order valence-electron chi connectivity index (χ4n) is 3.58. The van der Waals surface area contributed by atoms with Crippen LogP contribution in [-0.2, 0) is 14.9 Å². The third-order valence-electron chi connectivity index (χ3n) is 4.54. The van der Waals surface area contributed by atoms with Crippen LogP contribution in [0.3, 0.4) is 0 Å². The second kappa shape index (κ2) is 5.53. The van der Waals surface area contributed by atoms with E-state index in [1.165, 1.54) is 27.8 Å². The molecule has 0 heterocycles. The zero-order valence-electron chi connectivity index (χ0n) is 14.0. The molecule has 2 aromatic carbocycles. The van der Waals surface area contributed by atoms with Gasteiger partial charge < -0.3 is 9.47 Å². The number of ether oxygens (including phenoxy) is 2. The standard InChI is InChI=1S/C20H24O2/c1-20(2,3)16-12-8-11-15-17(16)13-9-6-7-10-14(13)18(15)19(21-4)22-5/h6-12,18-19H,1-5H3. The molecule has 22 heavy (non-hydrogen) atoms. The molecule has 116 valence electrons. The topological polar surface area (TPSA) is 18.5 Å². The van der Waals surface area contributed by atoms with Crippen molar-refractivity contribution in [1.82, 2.24) is 0 Å². The Morgan fingerprint density at radius 3 is 2.14 bits per heavy atom. The quantitative estimate of drug-likeness (QED) is 0.763. The summed E-state index contributed by atoms with van der Waals surface area (Å²) in [7, 11) is 3.42. The van der Waals surface area contributed by atoms with Crippen molar-refractivity contribution in [2.24, 2.45) is 0 Å². The van der Waals surface area contributed by atoms with Crippen LogP contribution in [0.15, 0.2) is 42.5 Å². The van der Waals surface area contributed by atoms with Crippen LogP contribution in [0.2, 0.25) is 0 Å². The third kappa shape index (κ3) is 2.27. The first-order chi connectivity index (χ1) is 10.5. The molecule has 0 fully saturated rings. The summed E-state index contributed by atoms with van der Waals surface area (Å²) >= 11 is 0. The third-order valence-corrected chi connectivity index (χ3v) is 4.54. The van der Waals surface area contributed by atoms with Gasteiger partial charge in [-0.2, -0.15) is 0 Å². The van der Waals surface area contributed by atoms with Crippen molar-refractivity contribution in [1.29, 1.82) is 0 Å². The first kappa shape index (κ1) is 15.3. The molecule has 2 aromatic rings.